The fourth-order valence-electron chi connectivity index (χ4n) is 5.76. The SMILES string of the molecule is COc1ccc(OC)c(CCNC(=O)[C@]2(Cc3ccc(Br)cc3)N=C(c3ccc(OCCCO)cc3)O[C@@H]2c2ccccc2CN=[N+]=[N-])c1. The Kier molecular flexibility index (Phi) is 12.2. The number of methoxy groups -OCH3 is 2. The second-order valence-electron chi connectivity index (χ2n) is 11.4. The van der Waals surface area contributed by atoms with Crippen molar-refractivity contribution >= 4 is 27.7 Å². The molecule has 0 saturated heterocycles. The predicted octanol–water partition coefficient (Wildman–Crippen LogP) is 6.90. The Morgan fingerprint density at radius 3 is 2.49 bits per heavy atom. The maximum atomic E-state index is 14.7. The summed E-state index contributed by atoms with van der Waals surface area (Å²) in [5.41, 5.74) is 11.5. The standard InChI is InChI=1S/C37H38BrN5O6/c1-46-31-16-17-33(47-2)27(22-31)18-19-40-36(45)37(23-25-8-12-29(38)13-9-25)34(32-7-4-3-6-28(32)24-41-43-39)49-35(42-37)26-10-14-30(15-11-26)48-21-5-20-44/h3-4,6-17,22,34,44H,5,18-21,23-24H2,1-2H3,(H,40,45)/t34-,37-/m1/s1. The highest BCUT2D eigenvalue weighted by Crippen LogP contribution is 2.44. The van der Waals surface area contributed by atoms with Gasteiger partial charge in [0.25, 0.3) is 5.91 Å². The maximum Gasteiger partial charge on any atom is 0.252 e. The van der Waals surface area contributed by atoms with E-state index in [0.29, 0.717) is 60.3 Å². The van der Waals surface area contributed by atoms with Gasteiger partial charge in [-0.2, -0.15) is 0 Å². The smallest absolute Gasteiger partial charge is 0.252 e. The predicted molar refractivity (Wildman–Crippen MR) is 190 cm³/mol. The minimum atomic E-state index is -1.44. The topological polar surface area (TPSA) is 147 Å². The van der Waals surface area contributed by atoms with Crippen molar-refractivity contribution in [1.82, 2.24) is 5.32 Å². The molecule has 0 unspecified atom stereocenters. The van der Waals surface area contributed by atoms with Gasteiger partial charge in [-0.25, -0.2) is 4.99 Å². The molecule has 12 heteroatoms. The molecule has 5 rings (SSSR count). The van der Waals surface area contributed by atoms with Crippen LogP contribution in [0.4, 0.5) is 0 Å². The molecule has 2 N–H and O–H groups in total. The molecule has 1 amide bonds. The van der Waals surface area contributed by atoms with Crippen molar-refractivity contribution in [2.24, 2.45) is 10.1 Å². The number of rotatable bonds is 16. The number of carbonyl (C=O) groups is 1. The number of azide groups is 1. The number of nitrogens with one attached hydrogen (secondary N) is 1. The molecule has 0 aromatic heterocycles. The van der Waals surface area contributed by atoms with E-state index < -0.39 is 11.6 Å². The number of hydrogen-bond donors (Lipinski definition) is 2. The van der Waals surface area contributed by atoms with E-state index in [2.05, 4.69) is 31.3 Å². The second-order valence-corrected chi connectivity index (χ2v) is 12.3. The zero-order chi connectivity index (χ0) is 34.6. The Labute approximate surface area is 293 Å². The van der Waals surface area contributed by atoms with Crippen LogP contribution in [-0.4, -0.2) is 56.4 Å². The van der Waals surface area contributed by atoms with E-state index in [9.17, 15) is 4.79 Å². The number of hydrogen-bond acceptors (Lipinski definition) is 8. The number of aliphatic hydroxyl groups excluding tert-OH is 1. The van der Waals surface area contributed by atoms with E-state index in [4.69, 9.17) is 34.6 Å². The molecule has 4 aromatic carbocycles. The first kappa shape index (κ1) is 35.3. The van der Waals surface area contributed by atoms with Crippen LogP contribution in [0.5, 0.6) is 17.2 Å². The summed E-state index contributed by atoms with van der Waals surface area (Å²) in [7, 11) is 3.21. The first-order valence-corrected chi connectivity index (χ1v) is 16.6. The summed E-state index contributed by atoms with van der Waals surface area (Å²) in [6.07, 6.45) is 0.365. The molecule has 254 valence electrons. The van der Waals surface area contributed by atoms with E-state index in [1.807, 2.05) is 78.9 Å². The summed E-state index contributed by atoms with van der Waals surface area (Å²) < 4.78 is 24.3. The van der Waals surface area contributed by atoms with Gasteiger partial charge in [0.05, 0.1) is 27.4 Å². The largest absolute Gasteiger partial charge is 0.497 e. The van der Waals surface area contributed by atoms with E-state index in [1.54, 1.807) is 26.4 Å². The molecule has 1 heterocycles. The van der Waals surface area contributed by atoms with Crippen LogP contribution in [0.3, 0.4) is 0 Å². The van der Waals surface area contributed by atoms with Crippen molar-refractivity contribution < 1.29 is 28.8 Å². The number of carbonyl (C=O) groups excluding carboxylic acids is 1. The third-order valence-electron chi connectivity index (χ3n) is 8.23. The van der Waals surface area contributed by atoms with Crippen LogP contribution in [0.1, 0.15) is 40.3 Å². The Balaban J connectivity index is 1.56. The Bertz CT molecular complexity index is 1810. The molecule has 0 fully saturated rings. The van der Waals surface area contributed by atoms with Crippen molar-refractivity contribution in [3.8, 4) is 17.2 Å². The lowest BCUT2D eigenvalue weighted by atomic mass is 9.80. The van der Waals surface area contributed by atoms with Gasteiger partial charge in [0, 0.05) is 40.9 Å². The molecule has 0 aliphatic carbocycles. The number of ether oxygens (including phenoxy) is 4. The van der Waals surface area contributed by atoms with E-state index in [1.165, 1.54) is 0 Å². The number of aliphatic imine (C=N–C) groups is 1. The number of nitrogens with zero attached hydrogens (tertiary/aromatic N) is 4. The lowest BCUT2D eigenvalue weighted by Gasteiger charge is -2.32. The summed E-state index contributed by atoms with van der Waals surface area (Å²) in [5, 5.41) is 16.1. The molecular weight excluding hydrogens is 690 g/mol. The van der Waals surface area contributed by atoms with E-state index in [-0.39, 0.29) is 25.5 Å². The van der Waals surface area contributed by atoms with Gasteiger partial charge in [-0.1, -0.05) is 57.4 Å². The monoisotopic (exact) mass is 727 g/mol. The highest BCUT2D eigenvalue weighted by Gasteiger charge is 2.53. The number of benzene rings is 4. The summed E-state index contributed by atoms with van der Waals surface area (Å²) in [6, 6.07) is 28.1. The lowest BCUT2D eigenvalue weighted by molar-refractivity contribution is -0.128. The third-order valence-corrected chi connectivity index (χ3v) is 8.75. The van der Waals surface area contributed by atoms with Gasteiger partial charge < -0.3 is 29.4 Å². The molecule has 1 aliphatic heterocycles. The zero-order valence-electron chi connectivity index (χ0n) is 27.3. The molecule has 0 radical (unpaired) electrons. The molecular formula is C37H38BrN5O6. The third kappa shape index (κ3) is 8.53. The van der Waals surface area contributed by atoms with Crippen molar-refractivity contribution in [3.63, 3.8) is 0 Å². The quantitative estimate of drug-likeness (QED) is 0.0556. The molecule has 49 heavy (non-hydrogen) atoms. The van der Waals surface area contributed by atoms with Gasteiger partial charge in [0.1, 0.15) is 17.2 Å². The normalized spacial score (nSPS) is 16.6. The fourth-order valence-corrected chi connectivity index (χ4v) is 6.02. The van der Waals surface area contributed by atoms with Gasteiger partial charge >= 0.3 is 0 Å². The molecule has 11 nitrogen and oxygen atoms in total. The molecule has 2 atom stereocenters. The molecule has 0 bridgehead atoms. The molecule has 4 aromatic rings. The highest BCUT2D eigenvalue weighted by atomic mass is 79.9. The van der Waals surface area contributed by atoms with Crippen LogP contribution in [0.25, 0.3) is 10.4 Å². The first-order valence-electron chi connectivity index (χ1n) is 15.8. The minimum Gasteiger partial charge on any atom is -0.497 e. The van der Waals surface area contributed by atoms with Crippen LogP contribution in [-0.2, 0) is 28.9 Å². The summed E-state index contributed by atoms with van der Waals surface area (Å²) in [5.74, 6) is 2.00. The van der Waals surface area contributed by atoms with Gasteiger partial charge in [0.2, 0.25) is 5.90 Å². The average molecular weight is 729 g/mol. The van der Waals surface area contributed by atoms with Crippen molar-refractivity contribution in [3.05, 3.63) is 134 Å². The second kappa shape index (κ2) is 16.9. The lowest BCUT2D eigenvalue weighted by Crippen LogP contribution is -2.50. The number of amides is 1. The van der Waals surface area contributed by atoms with Gasteiger partial charge in [0.15, 0.2) is 11.6 Å². The van der Waals surface area contributed by atoms with E-state index >= 15 is 0 Å². The number of aliphatic hydroxyl groups is 1. The van der Waals surface area contributed by atoms with Crippen molar-refractivity contribution in [2.45, 2.75) is 37.5 Å². The summed E-state index contributed by atoms with van der Waals surface area (Å²) in [4.78, 5) is 22.8. The van der Waals surface area contributed by atoms with Crippen LogP contribution in [0, 0.1) is 0 Å². The zero-order valence-corrected chi connectivity index (χ0v) is 28.9. The maximum absolute atomic E-state index is 14.7. The van der Waals surface area contributed by atoms with Crippen molar-refractivity contribution in [1.29, 1.82) is 0 Å². The number of halogens is 1. The molecule has 1 aliphatic rings. The van der Waals surface area contributed by atoms with Crippen LogP contribution >= 0.6 is 15.9 Å². The Hall–Kier alpha value is -5.03. The first-order chi connectivity index (χ1) is 23.9. The van der Waals surface area contributed by atoms with Crippen molar-refractivity contribution in [2.75, 3.05) is 34.0 Å². The fraction of sp³-hybridized carbons (Fsp3) is 0.297. The molecule has 0 spiro atoms. The molecule has 0 saturated carbocycles. The Morgan fingerprint density at radius 1 is 1.02 bits per heavy atom. The van der Waals surface area contributed by atoms with Gasteiger partial charge in [-0.15, -0.1) is 0 Å². The van der Waals surface area contributed by atoms with Gasteiger partial charge in [-0.05, 0) is 88.8 Å². The minimum absolute atomic E-state index is 0.0425. The average Bonchev–Trinajstić information content (AvgIpc) is 3.52. The summed E-state index contributed by atoms with van der Waals surface area (Å²) in [6.45, 7) is 0.798. The summed E-state index contributed by atoms with van der Waals surface area (Å²) >= 11 is 3.51. The van der Waals surface area contributed by atoms with Crippen LogP contribution < -0.4 is 19.5 Å². The highest BCUT2D eigenvalue weighted by molar-refractivity contribution is 9.10. The van der Waals surface area contributed by atoms with Crippen LogP contribution in [0.2, 0.25) is 0 Å². The Morgan fingerprint density at radius 2 is 1.78 bits per heavy atom. The van der Waals surface area contributed by atoms with Gasteiger partial charge in [-0.3, -0.25) is 4.79 Å². The van der Waals surface area contributed by atoms with E-state index in [0.717, 1.165) is 21.2 Å². The van der Waals surface area contributed by atoms with Crippen LogP contribution in [0.15, 0.2) is 106 Å².